The van der Waals surface area contributed by atoms with Crippen molar-refractivity contribution in [3.63, 3.8) is 0 Å². The summed E-state index contributed by atoms with van der Waals surface area (Å²) in [5.41, 5.74) is 2.31. The number of piperidine rings is 2. The Morgan fingerprint density at radius 1 is 1.43 bits per heavy atom. The average molecular weight is 337 g/mol. The minimum atomic E-state index is -0.500. The molecule has 2 saturated heterocycles. The van der Waals surface area contributed by atoms with Gasteiger partial charge in [0.05, 0.1) is 11.6 Å². The van der Waals surface area contributed by atoms with E-state index in [4.69, 9.17) is 0 Å². The van der Waals surface area contributed by atoms with Crippen molar-refractivity contribution in [1.29, 1.82) is 0 Å². The lowest BCUT2D eigenvalue weighted by molar-refractivity contribution is -0.140. The van der Waals surface area contributed by atoms with Crippen LogP contribution in [-0.2, 0) is 4.79 Å². The first-order valence-electron chi connectivity index (χ1n) is 8.12. The molecule has 7 heteroatoms. The van der Waals surface area contributed by atoms with Gasteiger partial charge in [-0.1, -0.05) is 0 Å². The van der Waals surface area contributed by atoms with Crippen molar-refractivity contribution in [3.8, 4) is 0 Å². The molecule has 1 N–H and O–H groups in total. The molecule has 1 spiro atoms. The highest BCUT2D eigenvalue weighted by Gasteiger charge is 2.42. The number of carbonyl (C=O) groups is 2. The number of rotatable bonds is 3. The number of aliphatic hydroxyl groups excluding tert-OH is 1. The zero-order valence-electron chi connectivity index (χ0n) is 13.4. The molecule has 2 fully saturated rings. The van der Waals surface area contributed by atoms with Crippen LogP contribution in [0.25, 0.3) is 0 Å². The van der Waals surface area contributed by atoms with Gasteiger partial charge in [-0.3, -0.25) is 9.59 Å². The first-order chi connectivity index (χ1) is 11.0. The van der Waals surface area contributed by atoms with Gasteiger partial charge in [0, 0.05) is 38.0 Å². The molecule has 0 bridgehead atoms. The fraction of sp³-hybridized carbons (Fsp3) is 0.688. The summed E-state index contributed by atoms with van der Waals surface area (Å²) in [6.07, 6.45) is 2.76. The maximum Gasteiger partial charge on any atom is 0.273 e. The summed E-state index contributed by atoms with van der Waals surface area (Å²) >= 11 is 1.43. The van der Waals surface area contributed by atoms with Gasteiger partial charge in [0.2, 0.25) is 5.91 Å². The van der Waals surface area contributed by atoms with E-state index in [-0.39, 0.29) is 17.2 Å². The number of likely N-dealkylation sites (tertiary alicyclic amines) is 2. The monoisotopic (exact) mass is 337 g/mol. The molecule has 23 heavy (non-hydrogen) atoms. The highest BCUT2D eigenvalue weighted by molar-refractivity contribution is 7.07. The van der Waals surface area contributed by atoms with Crippen LogP contribution in [0.15, 0.2) is 10.9 Å². The van der Waals surface area contributed by atoms with E-state index >= 15 is 0 Å². The van der Waals surface area contributed by atoms with E-state index < -0.39 is 6.10 Å². The van der Waals surface area contributed by atoms with Gasteiger partial charge in [-0.2, -0.15) is 0 Å². The summed E-state index contributed by atoms with van der Waals surface area (Å²) in [6, 6.07) is 0. The van der Waals surface area contributed by atoms with Gasteiger partial charge in [-0.15, -0.1) is 11.3 Å². The third-order valence-corrected chi connectivity index (χ3v) is 5.58. The number of aromatic nitrogens is 1. The first-order valence-corrected chi connectivity index (χ1v) is 9.07. The molecular formula is C16H23N3O3S. The van der Waals surface area contributed by atoms with Crippen molar-refractivity contribution in [3.05, 3.63) is 16.6 Å². The normalized spacial score (nSPS) is 22.4. The summed E-state index contributed by atoms with van der Waals surface area (Å²) in [4.78, 5) is 32.2. The van der Waals surface area contributed by atoms with Crippen LogP contribution in [0.2, 0.25) is 0 Å². The number of hydrogen-bond acceptors (Lipinski definition) is 5. The minimum Gasteiger partial charge on any atom is -0.392 e. The molecule has 0 aromatic carbocycles. The summed E-state index contributed by atoms with van der Waals surface area (Å²) in [5.74, 6) is 0.145. The van der Waals surface area contributed by atoms with Crippen LogP contribution in [0.1, 0.15) is 43.1 Å². The second-order valence-corrected chi connectivity index (χ2v) is 7.51. The first kappa shape index (κ1) is 16.4. The molecule has 3 heterocycles. The van der Waals surface area contributed by atoms with Crippen molar-refractivity contribution in [2.24, 2.45) is 5.41 Å². The highest BCUT2D eigenvalue weighted by atomic mass is 32.1. The Kier molecular flexibility index (Phi) is 4.68. The summed E-state index contributed by atoms with van der Waals surface area (Å²) < 4.78 is 0. The largest absolute Gasteiger partial charge is 0.392 e. The van der Waals surface area contributed by atoms with Crippen molar-refractivity contribution < 1.29 is 14.7 Å². The Morgan fingerprint density at radius 2 is 2.17 bits per heavy atom. The molecule has 1 aromatic heterocycles. The maximum absolute atomic E-state index is 12.4. The number of β-amino-alcohol motifs (C(OH)–C–C–N with tert-alkyl or cyclic N) is 1. The van der Waals surface area contributed by atoms with Gasteiger partial charge in [0.1, 0.15) is 5.69 Å². The van der Waals surface area contributed by atoms with Crippen LogP contribution in [0.5, 0.6) is 0 Å². The zero-order valence-corrected chi connectivity index (χ0v) is 14.2. The Bertz CT molecular complexity index is 565. The fourth-order valence-corrected chi connectivity index (χ4v) is 4.19. The molecule has 1 atom stereocenters. The Labute approximate surface area is 140 Å². The molecule has 2 aliphatic heterocycles. The molecule has 0 aliphatic carbocycles. The summed E-state index contributed by atoms with van der Waals surface area (Å²) in [6.45, 7) is 4.25. The fourth-order valence-electron chi connectivity index (χ4n) is 3.66. The number of hydrogen-bond donors (Lipinski definition) is 1. The van der Waals surface area contributed by atoms with E-state index in [0.29, 0.717) is 38.3 Å². The second-order valence-electron chi connectivity index (χ2n) is 6.79. The van der Waals surface area contributed by atoms with Gasteiger partial charge >= 0.3 is 0 Å². The smallest absolute Gasteiger partial charge is 0.273 e. The molecule has 0 saturated carbocycles. The van der Waals surface area contributed by atoms with E-state index in [1.165, 1.54) is 11.3 Å². The molecule has 1 aromatic rings. The van der Waals surface area contributed by atoms with E-state index in [9.17, 15) is 14.7 Å². The van der Waals surface area contributed by atoms with E-state index in [1.807, 2.05) is 4.90 Å². The Morgan fingerprint density at radius 3 is 2.78 bits per heavy atom. The lowest BCUT2D eigenvalue weighted by Gasteiger charge is -2.47. The third kappa shape index (κ3) is 3.55. The van der Waals surface area contributed by atoms with Crippen molar-refractivity contribution >= 4 is 23.2 Å². The van der Waals surface area contributed by atoms with Crippen molar-refractivity contribution in [2.75, 3.05) is 26.2 Å². The van der Waals surface area contributed by atoms with E-state index in [1.54, 1.807) is 22.7 Å². The molecule has 2 aliphatic rings. The number of aliphatic hydroxyl groups is 1. The van der Waals surface area contributed by atoms with Gasteiger partial charge in [0.15, 0.2) is 0 Å². The predicted octanol–water partition coefficient (Wildman–Crippen LogP) is 1.37. The van der Waals surface area contributed by atoms with E-state index in [2.05, 4.69) is 4.98 Å². The SMILES string of the molecule is C[C@@H](O)CN1CC2(CCC1=O)CCN(C(=O)c1cscn1)CC2. The highest BCUT2D eigenvalue weighted by Crippen LogP contribution is 2.40. The molecule has 2 amide bonds. The second kappa shape index (κ2) is 6.57. The standard InChI is InChI=1S/C16H23N3O3S/c1-12(20)8-19-10-16(3-2-14(19)21)4-6-18(7-5-16)15(22)13-9-23-11-17-13/h9,11-12,20H,2-8,10H2,1H3/t12-/m1/s1. The number of carbonyl (C=O) groups excluding carboxylic acids is 2. The van der Waals surface area contributed by atoms with Crippen LogP contribution in [-0.4, -0.2) is 64.0 Å². The predicted molar refractivity (Wildman–Crippen MR) is 87.2 cm³/mol. The molecular weight excluding hydrogens is 314 g/mol. The van der Waals surface area contributed by atoms with Crippen molar-refractivity contribution in [1.82, 2.24) is 14.8 Å². The van der Waals surface area contributed by atoms with Crippen LogP contribution in [0.4, 0.5) is 0 Å². The van der Waals surface area contributed by atoms with Crippen LogP contribution >= 0.6 is 11.3 Å². The molecule has 6 nitrogen and oxygen atoms in total. The minimum absolute atomic E-state index is 0.00817. The third-order valence-electron chi connectivity index (χ3n) is 5.00. The van der Waals surface area contributed by atoms with Crippen LogP contribution in [0, 0.1) is 5.41 Å². The summed E-state index contributed by atoms with van der Waals surface area (Å²) in [5, 5.41) is 11.4. The number of nitrogens with zero attached hydrogens (tertiary/aromatic N) is 3. The quantitative estimate of drug-likeness (QED) is 0.904. The van der Waals surface area contributed by atoms with Crippen molar-refractivity contribution in [2.45, 2.75) is 38.7 Å². The van der Waals surface area contributed by atoms with Gasteiger partial charge in [0.25, 0.3) is 5.91 Å². The molecule has 0 radical (unpaired) electrons. The van der Waals surface area contributed by atoms with Crippen LogP contribution < -0.4 is 0 Å². The topological polar surface area (TPSA) is 73.7 Å². The summed E-state index contributed by atoms with van der Waals surface area (Å²) in [7, 11) is 0. The average Bonchev–Trinajstić information content (AvgIpc) is 3.05. The lowest BCUT2D eigenvalue weighted by atomic mass is 9.72. The van der Waals surface area contributed by atoms with Gasteiger partial charge in [-0.25, -0.2) is 4.98 Å². The van der Waals surface area contributed by atoms with Gasteiger partial charge in [-0.05, 0) is 31.6 Å². The van der Waals surface area contributed by atoms with E-state index in [0.717, 1.165) is 19.3 Å². The molecule has 3 rings (SSSR count). The van der Waals surface area contributed by atoms with Gasteiger partial charge < -0.3 is 14.9 Å². The maximum atomic E-state index is 12.4. The zero-order chi connectivity index (χ0) is 16.4. The molecule has 126 valence electrons. The van der Waals surface area contributed by atoms with Crippen LogP contribution in [0.3, 0.4) is 0 Å². The number of amides is 2. The Balaban J connectivity index is 1.61. The molecule has 0 unspecified atom stereocenters. The lowest BCUT2D eigenvalue weighted by Crippen LogP contribution is -2.53. The number of thiazole rings is 1. The Hall–Kier alpha value is -1.47.